The van der Waals surface area contributed by atoms with Gasteiger partial charge in [0.25, 0.3) is 0 Å². The van der Waals surface area contributed by atoms with Crippen LogP contribution in [-0.2, 0) is 11.2 Å². The maximum Gasteiger partial charge on any atom is 0.221 e. The van der Waals surface area contributed by atoms with Crippen LogP contribution in [0.15, 0.2) is 30.3 Å². The monoisotopic (exact) mass is 236 g/mol. The van der Waals surface area contributed by atoms with Crippen molar-refractivity contribution in [3.63, 3.8) is 0 Å². The van der Waals surface area contributed by atoms with Crippen LogP contribution in [0.3, 0.4) is 0 Å². The second-order valence-corrected chi connectivity index (χ2v) is 3.99. The van der Waals surface area contributed by atoms with E-state index in [2.05, 4.69) is 10.6 Å². The molecule has 4 nitrogen and oxygen atoms in total. The van der Waals surface area contributed by atoms with E-state index in [9.17, 15) is 9.90 Å². The Balaban J connectivity index is 2.41. The fourth-order valence-corrected chi connectivity index (χ4v) is 1.60. The van der Waals surface area contributed by atoms with Gasteiger partial charge in [0.05, 0.1) is 12.6 Å². The predicted octanol–water partition coefficient (Wildman–Crippen LogP) is 0.316. The lowest BCUT2D eigenvalue weighted by Crippen LogP contribution is -2.39. The summed E-state index contributed by atoms with van der Waals surface area (Å²) in [5.74, 6) is -0.0330. The van der Waals surface area contributed by atoms with E-state index in [-0.39, 0.29) is 18.6 Å². The summed E-state index contributed by atoms with van der Waals surface area (Å²) >= 11 is 0. The highest BCUT2D eigenvalue weighted by Crippen LogP contribution is 2.02. The standard InChI is InChI=1S/C13H20N2O2/c1-14-8-7-13(17)15-12(10-16)9-11-5-3-2-4-6-11/h2-6,12,14,16H,7-10H2,1H3,(H,15,17)/t12-/m1/s1. The second-order valence-electron chi connectivity index (χ2n) is 3.99. The first-order valence-corrected chi connectivity index (χ1v) is 5.85. The molecule has 1 atom stereocenters. The molecule has 17 heavy (non-hydrogen) atoms. The quantitative estimate of drug-likeness (QED) is 0.639. The summed E-state index contributed by atoms with van der Waals surface area (Å²) < 4.78 is 0. The van der Waals surface area contributed by atoms with Crippen LogP contribution in [0, 0.1) is 0 Å². The number of hydrogen-bond acceptors (Lipinski definition) is 3. The molecule has 1 aromatic carbocycles. The van der Waals surface area contributed by atoms with Gasteiger partial charge in [-0.25, -0.2) is 0 Å². The van der Waals surface area contributed by atoms with E-state index in [1.54, 1.807) is 7.05 Å². The first-order valence-electron chi connectivity index (χ1n) is 5.85. The molecule has 1 aromatic rings. The lowest BCUT2D eigenvalue weighted by atomic mass is 10.1. The zero-order valence-electron chi connectivity index (χ0n) is 10.1. The Morgan fingerprint density at radius 2 is 2.06 bits per heavy atom. The smallest absolute Gasteiger partial charge is 0.221 e. The molecule has 0 saturated carbocycles. The normalized spacial score (nSPS) is 12.1. The van der Waals surface area contributed by atoms with Crippen molar-refractivity contribution in [2.45, 2.75) is 18.9 Å². The molecule has 0 aliphatic carbocycles. The van der Waals surface area contributed by atoms with Crippen molar-refractivity contribution in [1.29, 1.82) is 0 Å². The summed E-state index contributed by atoms with van der Waals surface area (Å²) in [4.78, 5) is 11.5. The topological polar surface area (TPSA) is 61.4 Å². The molecule has 4 heteroatoms. The van der Waals surface area contributed by atoms with Gasteiger partial charge < -0.3 is 15.7 Å². The summed E-state index contributed by atoms with van der Waals surface area (Å²) in [6, 6.07) is 9.62. The van der Waals surface area contributed by atoms with E-state index in [1.807, 2.05) is 30.3 Å². The summed E-state index contributed by atoms with van der Waals surface area (Å²) in [6.45, 7) is 0.607. The summed E-state index contributed by atoms with van der Waals surface area (Å²) in [6.07, 6.45) is 1.09. The minimum atomic E-state index is -0.207. The Morgan fingerprint density at radius 3 is 2.65 bits per heavy atom. The van der Waals surface area contributed by atoms with Gasteiger partial charge in [-0.05, 0) is 19.0 Å². The highest BCUT2D eigenvalue weighted by Gasteiger charge is 2.11. The molecule has 0 bridgehead atoms. The van der Waals surface area contributed by atoms with Crippen molar-refractivity contribution in [2.24, 2.45) is 0 Å². The third kappa shape index (κ3) is 5.47. The van der Waals surface area contributed by atoms with E-state index in [4.69, 9.17) is 0 Å². The molecule has 1 amide bonds. The second kappa shape index (κ2) is 7.81. The summed E-state index contributed by atoms with van der Waals surface area (Å²) in [7, 11) is 1.81. The molecule has 0 spiro atoms. The third-order valence-electron chi connectivity index (χ3n) is 2.51. The molecule has 94 valence electrons. The lowest BCUT2D eigenvalue weighted by molar-refractivity contribution is -0.122. The van der Waals surface area contributed by atoms with Crippen LogP contribution >= 0.6 is 0 Å². The third-order valence-corrected chi connectivity index (χ3v) is 2.51. The summed E-state index contributed by atoms with van der Waals surface area (Å²) in [5, 5.41) is 15.0. The van der Waals surface area contributed by atoms with Crippen LogP contribution in [0.2, 0.25) is 0 Å². The number of amides is 1. The Kier molecular flexibility index (Phi) is 6.29. The van der Waals surface area contributed by atoms with E-state index in [0.717, 1.165) is 5.56 Å². The van der Waals surface area contributed by atoms with Crippen LogP contribution in [0.5, 0.6) is 0 Å². The zero-order valence-corrected chi connectivity index (χ0v) is 10.1. The van der Waals surface area contributed by atoms with Crippen LogP contribution in [0.4, 0.5) is 0 Å². The molecule has 0 unspecified atom stereocenters. The molecule has 1 rings (SSSR count). The average molecular weight is 236 g/mol. The molecular weight excluding hydrogens is 216 g/mol. The van der Waals surface area contributed by atoms with Crippen molar-refractivity contribution in [2.75, 3.05) is 20.2 Å². The van der Waals surface area contributed by atoms with Gasteiger partial charge in [0.15, 0.2) is 0 Å². The van der Waals surface area contributed by atoms with Gasteiger partial charge in [-0.2, -0.15) is 0 Å². The maximum atomic E-state index is 11.5. The molecule has 0 aliphatic heterocycles. The molecule has 0 fully saturated rings. The SMILES string of the molecule is CNCCC(=O)N[C@@H](CO)Cc1ccccc1. The minimum Gasteiger partial charge on any atom is -0.394 e. The fraction of sp³-hybridized carbons (Fsp3) is 0.462. The van der Waals surface area contributed by atoms with Crippen LogP contribution in [0.25, 0.3) is 0 Å². The number of aliphatic hydroxyl groups excluding tert-OH is 1. The lowest BCUT2D eigenvalue weighted by Gasteiger charge is -2.16. The first-order chi connectivity index (χ1) is 8.26. The van der Waals surface area contributed by atoms with Gasteiger partial charge in [0.2, 0.25) is 5.91 Å². The van der Waals surface area contributed by atoms with Crippen LogP contribution in [0.1, 0.15) is 12.0 Å². The minimum absolute atomic E-state index is 0.0330. The molecule has 0 radical (unpaired) electrons. The number of hydrogen-bond donors (Lipinski definition) is 3. The number of benzene rings is 1. The molecule has 0 aromatic heterocycles. The van der Waals surface area contributed by atoms with Crippen molar-refractivity contribution in [1.82, 2.24) is 10.6 Å². The van der Waals surface area contributed by atoms with Crippen molar-refractivity contribution in [3.8, 4) is 0 Å². The maximum absolute atomic E-state index is 11.5. The van der Waals surface area contributed by atoms with Crippen molar-refractivity contribution < 1.29 is 9.90 Å². The molecule has 0 saturated heterocycles. The largest absolute Gasteiger partial charge is 0.394 e. The predicted molar refractivity (Wildman–Crippen MR) is 67.7 cm³/mol. The Labute approximate surface area is 102 Å². The van der Waals surface area contributed by atoms with Gasteiger partial charge >= 0.3 is 0 Å². The van der Waals surface area contributed by atoms with E-state index in [0.29, 0.717) is 19.4 Å². The molecule has 3 N–H and O–H groups in total. The van der Waals surface area contributed by atoms with Gasteiger partial charge in [0.1, 0.15) is 0 Å². The van der Waals surface area contributed by atoms with Crippen molar-refractivity contribution in [3.05, 3.63) is 35.9 Å². The van der Waals surface area contributed by atoms with E-state index in [1.165, 1.54) is 0 Å². The molecule has 0 heterocycles. The van der Waals surface area contributed by atoms with Crippen LogP contribution < -0.4 is 10.6 Å². The fourth-order valence-electron chi connectivity index (χ4n) is 1.60. The highest BCUT2D eigenvalue weighted by atomic mass is 16.3. The Hall–Kier alpha value is -1.39. The Morgan fingerprint density at radius 1 is 1.35 bits per heavy atom. The van der Waals surface area contributed by atoms with Crippen molar-refractivity contribution >= 4 is 5.91 Å². The number of nitrogens with one attached hydrogen (secondary N) is 2. The zero-order chi connectivity index (χ0) is 12.5. The number of rotatable bonds is 7. The van der Waals surface area contributed by atoms with E-state index < -0.39 is 0 Å². The first kappa shape index (κ1) is 13.7. The van der Waals surface area contributed by atoms with Gasteiger partial charge in [0, 0.05) is 13.0 Å². The van der Waals surface area contributed by atoms with Crippen LogP contribution in [-0.4, -0.2) is 37.3 Å². The average Bonchev–Trinajstić information content (AvgIpc) is 2.36. The van der Waals surface area contributed by atoms with Gasteiger partial charge in [-0.3, -0.25) is 4.79 Å². The molecular formula is C13H20N2O2. The highest BCUT2D eigenvalue weighted by molar-refractivity contribution is 5.76. The Bertz CT molecular complexity index is 327. The van der Waals surface area contributed by atoms with E-state index >= 15 is 0 Å². The van der Waals surface area contributed by atoms with Gasteiger partial charge in [-0.1, -0.05) is 30.3 Å². The number of carbonyl (C=O) groups excluding carboxylic acids is 1. The number of carbonyl (C=O) groups is 1. The summed E-state index contributed by atoms with van der Waals surface area (Å²) in [5.41, 5.74) is 1.11. The molecule has 0 aliphatic rings. The van der Waals surface area contributed by atoms with Gasteiger partial charge in [-0.15, -0.1) is 0 Å². The number of aliphatic hydroxyl groups is 1.